The Labute approximate surface area is 152 Å². The summed E-state index contributed by atoms with van der Waals surface area (Å²) < 4.78 is 7.40. The highest BCUT2D eigenvalue weighted by Gasteiger charge is 2.36. The first kappa shape index (κ1) is 17.3. The number of piperidine rings is 1. The minimum atomic E-state index is -0.421. The van der Waals surface area contributed by atoms with Gasteiger partial charge in [-0.25, -0.2) is 4.79 Å². The molecule has 2 rings (SSSR count). The van der Waals surface area contributed by atoms with Crippen molar-refractivity contribution in [2.75, 3.05) is 20.1 Å². The van der Waals surface area contributed by atoms with E-state index in [9.17, 15) is 9.90 Å². The molecule has 0 saturated carbocycles. The summed E-state index contributed by atoms with van der Waals surface area (Å²) in [6.07, 6.45) is 2.48. The molecule has 0 aromatic heterocycles. The van der Waals surface area contributed by atoms with E-state index in [2.05, 4.69) is 41.5 Å². The van der Waals surface area contributed by atoms with Crippen LogP contribution >= 0.6 is 45.2 Å². The van der Waals surface area contributed by atoms with Crippen molar-refractivity contribution in [1.29, 1.82) is 0 Å². The maximum atomic E-state index is 12.5. The van der Waals surface area contributed by atoms with Gasteiger partial charge in [0.05, 0.1) is 3.57 Å². The summed E-state index contributed by atoms with van der Waals surface area (Å²) in [7, 11) is 2.08. The van der Waals surface area contributed by atoms with Crippen molar-refractivity contribution in [2.45, 2.75) is 31.8 Å². The van der Waals surface area contributed by atoms with Crippen molar-refractivity contribution in [3.8, 4) is 5.75 Å². The van der Waals surface area contributed by atoms with Crippen LogP contribution in [0.4, 0.5) is 0 Å². The summed E-state index contributed by atoms with van der Waals surface area (Å²) in [4.78, 5) is 14.7. The third-order valence-electron chi connectivity index (χ3n) is 4.10. The number of ether oxygens (including phenoxy) is 1. The van der Waals surface area contributed by atoms with Crippen LogP contribution in [0.15, 0.2) is 12.1 Å². The van der Waals surface area contributed by atoms with E-state index < -0.39 is 11.6 Å². The van der Waals surface area contributed by atoms with Gasteiger partial charge in [-0.2, -0.15) is 0 Å². The van der Waals surface area contributed by atoms with E-state index in [0.717, 1.165) is 35.9 Å². The fourth-order valence-electron chi connectivity index (χ4n) is 2.53. The fourth-order valence-corrected chi connectivity index (χ4v) is 4.37. The molecule has 1 aromatic carbocycles. The molecule has 21 heavy (non-hydrogen) atoms. The number of halogens is 2. The third-order valence-corrected chi connectivity index (χ3v) is 5.55. The summed E-state index contributed by atoms with van der Waals surface area (Å²) in [5.74, 6) is -0.407. The Kier molecular flexibility index (Phi) is 5.75. The zero-order valence-electron chi connectivity index (χ0n) is 12.2. The van der Waals surface area contributed by atoms with Crippen molar-refractivity contribution in [2.24, 2.45) is 0 Å². The normalized spacial score (nSPS) is 18.5. The van der Waals surface area contributed by atoms with Crippen LogP contribution in [-0.4, -0.2) is 41.7 Å². The molecule has 1 aromatic rings. The first-order valence-electron chi connectivity index (χ1n) is 6.97. The van der Waals surface area contributed by atoms with E-state index in [-0.39, 0.29) is 11.3 Å². The lowest BCUT2D eigenvalue weighted by atomic mass is 9.88. The molecule has 116 valence electrons. The molecule has 0 atom stereocenters. The van der Waals surface area contributed by atoms with Gasteiger partial charge >= 0.3 is 5.97 Å². The predicted molar refractivity (Wildman–Crippen MR) is 98.7 cm³/mol. The van der Waals surface area contributed by atoms with Gasteiger partial charge in [0.15, 0.2) is 0 Å². The van der Waals surface area contributed by atoms with Gasteiger partial charge in [0, 0.05) is 16.7 Å². The lowest BCUT2D eigenvalue weighted by molar-refractivity contribution is -0.0503. The number of likely N-dealkylation sites (tertiary alicyclic amines) is 1. The lowest BCUT2D eigenvalue weighted by Crippen LogP contribution is -2.45. The quantitative estimate of drug-likeness (QED) is 0.494. The number of phenolic OH excluding ortho intramolecular Hbond substituents is 1. The van der Waals surface area contributed by atoms with E-state index in [1.54, 1.807) is 6.07 Å². The van der Waals surface area contributed by atoms with Crippen LogP contribution in [0.5, 0.6) is 5.75 Å². The molecule has 0 spiro atoms. The average Bonchev–Trinajstić information content (AvgIpc) is 2.45. The highest BCUT2D eigenvalue weighted by Crippen LogP contribution is 2.33. The molecule has 0 radical (unpaired) electrons. The van der Waals surface area contributed by atoms with E-state index in [1.165, 1.54) is 0 Å². The second kappa shape index (κ2) is 6.99. The van der Waals surface area contributed by atoms with Gasteiger partial charge in [0.25, 0.3) is 0 Å². The number of carbonyl (C=O) groups is 1. The Bertz CT molecular complexity index is 540. The van der Waals surface area contributed by atoms with Crippen LogP contribution in [0.3, 0.4) is 0 Å². The molecule has 1 heterocycles. The molecule has 6 heteroatoms. The van der Waals surface area contributed by atoms with Crippen molar-refractivity contribution in [1.82, 2.24) is 4.90 Å². The summed E-state index contributed by atoms with van der Waals surface area (Å²) >= 11 is 4.16. The van der Waals surface area contributed by atoms with E-state index >= 15 is 0 Å². The number of hydrogen-bond donors (Lipinski definition) is 1. The zero-order valence-corrected chi connectivity index (χ0v) is 16.5. The van der Waals surface area contributed by atoms with Gasteiger partial charge in [0.2, 0.25) is 0 Å². The second-order valence-corrected chi connectivity index (χ2v) is 7.92. The highest BCUT2D eigenvalue weighted by molar-refractivity contribution is 14.1. The average molecular weight is 515 g/mol. The van der Waals surface area contributed by atoms with Gasteiger partial charge in [-0.3, -0.25) is 0 Å². The smallest absolute Gasteiger partial charge is 0.342 e. The summed E-state index contributed by atoms with van der Waals surface area (Å²) in [6.45, 7) is 3.91. The maximum Gasteiger partial charge on any atom is 0.342 e. The van der Waals surface area contributed by atoms with Gasteiger partial charge in [0.1, 0.15) is 16.9 Å². The zero-order chi connectivity index (χ0) is 15.6. The minimum absolute atomic E-state index is 0.0141. The molecule has 0 unspecified atom stereocenters. The number of esters is 1. The van der Waals surface area contributed by atoms with Crippen molar-refractivity contribution >= 4 is 51.2 Å². The molecule has 4 nitrogen and oxygen atoms in total. The molecular formula is C15H19I2NO3. The van der Waals surface area contributed by atoms with Crippen LogP contribution in [0.2, 0.25) is 0 Å². The third kappa shape index (κ3) is 4.01. The van der Waals surface area contributed by atoms with E-state index in [0.29, 0.717) is 3.57 Å². The van der Waals surface area contributed by atoms with Gasteiger partial charge < -0.3 is 14.7 Å². The first-order valence-corrected chi connectivity index (χ1v) is 9.12. The Morgan fingerprint density at radius 2 is 2.00 bits per heavy atom. The molecule has 1 fully saturated rings. The van der Waals surface area contributed by atoms with Crippen LogP contribution in [0.1, 0.15) is 36.5 Å². The number of aromatic hydroxyl groups is 1. The van der Waals surface area contributed by atoms with Gasteiger partial charge in [-0.05, 0) is 83.6 Å². The van der Waals surface area contributed by atoms with Gasteiger partial charge in [-0.1, -0.05) is 6.92 Å². The summed E-state index contributed by atoms with van der Waals surface area (Å²) in [5.41, 5.74) is -0.138. The number of rotatable bonds is 3. The fraction of sp³-hybridized carbons (Fsp3) is 0.533. The van der Waals surface area contributed by atoms with Crippen LogP contribution in [-0.2, 0) is 4.74 Å². The molecule has 0 bridgehead atoms. The lowest BCUT2D eigenvalue weighted by Gasteiger charge is -2.39. The molecule has 1 aliphatic rings. The molecule has 1 saturated heterocycles. The SMILES string of the molecule is CCC1(OC(=O)c2cc(I)cc(I)c2O)CCN(C)CC1. The number of hydrogen-bond acceptors (Lipinski definition) is 4. The Morgan fingerprint density at radius 3 is 2.57 bits per heavy atom. The maximum absolute atomic E-state index is 12.5. The Hall–Kier alpha value is -0.0900. The van der Waals surface area contributed by atoms with Crippen molar-refractivity contribution in [3.05, 3.63) is 24.8 Å². The van der Waals surface area contributed by atoms with Crippen LogP contribution in [0.25, 0.3) is 0 Å². The predicted octanol–water partition coefficient (Wildman–Crippen LogP) is 3.63. The molecular weight excluding hydrogens is 496 g/mol. The highest BCUT2D eigenvalue weighted by atomic mass is 127. The van der Waals surface area contributed by atoms with Crippen LogP contribution < -0.4 is 0 Å². The largest absolute Gasteiger partial charge is 0.506 e. The molecule has 0 aliphatic carbocycles. The standard InChI is InChI=1S/C15H19I2NO3/c1-3-15(4-6-18(2)7-5-15)21-14(20)11-8-10(16)9-12(17)13(11)19/h8-9,19H,3-7H2,1-2H3. The van der Waals surface area contributed by atoms with E-state index in [1.807, 2.05) is 28.7 Å². The summed E-state index contributed by atoms with van der Waals surface area (Å²) in [5, 5.41) is 10.1. The monoisotopic (exact) mass is 515 g/mol. The van der Waals surface area contributed by atoms with Crippen molar-refractivity contribution < 1.29 is 14.6 Å². The molecule has 1 aliphatic heterocycles. The number of nitrogens with zero attached hydrogens (tertiary/aromatic N) is 1. The second-order valence-electron chi connectivity index (χ2n) is 5.51. The van der Waals surface area contributed by atoms with Gasteiger partial charge in [-0.15, -0.1) is 0 Å². The Balaban J connectivity index is 2.21. The topological polar surface area (TPSA) is 49.8 Å². The van der Waals surface area contributed by atoms with Crippen LogP contribution in [0, 0.1) is 7.14 Å². The number of phenols is 1. The molecule has 1 N–H and O–H groups in total. The minimum Gasteiger partial charge on any atom is -0.506 e. The molecule has 0 amide bonds. The summed E-state index contributed by atoms with van der Waals surface area (Å²) in [6, 6.07) is 3.51. The number of benzene rings is 1. The van der Waals surface area contributed by atoms with E-state index in [4.69, 9.17) is 4.74 Å². The Morgan fingerprint density at radius 1 is 1.38 bits per heavy atom. The first-order chi connectivity index (χ1) is 9.87. The van der Waals surface area contributed by atoms with Crippen molar-refractivity contribution in [3.63, 3.8) is 0 Å². The number of carbonyl (C=O) groups excluding carboxylic acids is 1.